The van der Waals surface area contributed by atoms with Crippen molar-refractivity contribution in [3.8, 4) is 0 Å². The molecule has 0 amide bonds. The van der Waals surface area contributed by atoms with Crippen LogP contribution in [0.2, 0.25) is 0 Å². The molecular formula is C13H19N5. The van der Waals surface area contributed by atoms with E-state index in [4.69, 9.17) is 0 Å². The van der Waals surface area contributed by atoms with Crippen molar-refractivity contribution in [2.75, 3.05) is 0 Å². The van der Waals surface area contributed by atoms with Gasteiger partial charge in [-0.3, -0.25) is 4.90 Å². The fourth-order valence-electron chi connectivity index (χ4n) is 2.22. The zero-order chi connectivity index (χ0) is 12.5. The summed E-state index contributed by atoms with van der Waals surface area (Å²) < 4.78 is 2.09. The topological polar surface area (TPSA) is 49.7 Å². The van der Waals surface area contributed by atoms with Crippen LogP contribution in [0.4, 0.5) is 0 Å². The van der Waals surface area contributed by atoms with Gasteiger partial charge in [-0.2, -0.15) is 0 Å². The van der Waals surface area contributed by atoms with Crippen molar-refractivity contribution >= 4 is 0 Å². The molecule has 96 valence electrons. The number of nitrogens with zero attached hydrogens (tertiary/aromatic N) is 4. The standard InChI is InChI=1S/C13H19N5/c1-10-12(16-9-15-10)7-18(11-3-4-11)8-13-14-5-6-17(13)2/h5-6,9,11H,3-4,7-8H2,1-2H3,(H,15,16). The van der Waals surface area contributed by atoms with Gasteiger partial charge in [0.25, 0.3) is 0 Å². The lowest BCUT2D eigenvalue weighted by Gasteiger charge is -2.20. The van der Waals surface area contributed by atoms with Crippen molar-refractivity contribution in [3.05, 3.63) is 35.9 Å². The van der Waals surface area contributed by atoms with Gasteiger partial charge in [-0.05, 0) is 19.8 Å². The molecule has 0 bridgehead atoms. The molecule has 0 saturated heterocycles. The SMILES string of the molecule is Cc1[nH]cnc1CN(Cc1nccn1C)C1CC1. The molecule has 0 aliphatic heterocycles. The van der Waals surface area contributed by atoms with Crippen LogP contribution in [0, 0.1) is 6.92 Å². The van der Waals surface area contributed by atoms with Crippen molar-refractivity contribution in [2.45, 2.75) is 38.9 Å². The lowest BCUT2D eigenvalue weighted by atomic mass is 10.3. The fraction of sp³-hybridized carbons (Fsp3) is 0.538. The summed E-state index contributed by atoms with van der Waals surface area (Å²) >= 11 is 0. The molecule has 1 aliphatic rings. The van der Waals surface area contributed by atoms with Crippen LogP contribution < -0.4 is 0 Å². The summed E-state index contributed by atoms with van der Waals surface area (Å²) in [7, 11) is 2.05. The normalized spacial score (nSPS) is 15.5. The minimum absolute atomic E-state index is 0.706. The molecule has 2 heterocycles. The summed E-state index contributed by atoms with van der Waals surface area (Å²) in [6.07, 6.45) is 8.23. The second-order valence-electron chi connectivity index (χ2n) is 5.06. The van der Waals surface area contributed by atoms with Crippen molar-refractivity contribution in [3.63, 3.8) is 0 Å². The van der Waals surface area contributed by atoms with Crippen LogP contribution >= 0.6 is 0 Å². The molecule has 1 fully saturated rings. The van der Waals surface area contributed by atoms with Crippen LogP contribution in [0.25, 0.3) is 0 Å². The molecule has 0 aromatic carbocycles. The molecule has 1 aliphatic carbocycles. The van der Waals surface area contributed by atoms with Crippen LogP contribution in [0.5, 0.6) is 0 Å². The molecule has 2 aromatic rings. The molecule has 0 radical (unpaired) electrons. The van der Waals surface area contributed by atoms with Crippen LogP contribution in [0.3, 0.4) is 0 Å². The Balaban J connectivity index is 1.73. The van der Waals surface area contributed by atoms with Crippen LogP contribution in [-0.2, 0) is 20.1 Å². The van der Waals surface area contributed by atoms with Crippen molar-refractivity contribution in [1.29, 1.82) is 0 Å². The molecule has 5 heteroatoms. The number of hydrogen-bond donors (Lipinski definition) is 1. The summed E-state index contributed by atoms with van der Waals surface area (Å²) in [6.45, 7) is 3.89. The summed E-state index contributed by atoms with van der Waals surface area (Å²) in [5, 5.41) is 0. The highest BCUT2D eigenvalue weighted by atomic mass is 15.2. The van der Waals surface area contributed by atoms with E-state index in [1.807, 2.05) is 19.4 Å². The van der Waals surface area contributed by atoms with Crippen molar-refractivity contribution in [2.24, 2.45) is 7.05 Å². The van der Waals surface area contributed by atoms with E-state index in [9.17, 15) is 0 Å². The third-order valence-corrected chi connectivity index (χ3v) is 3.62. The van der Waals surface area contributed by atoms with E-state index in [1.54, 1.807) is 6.33 Å². The van der Waals surface area contributed by atoms with Gasteiger partial charge >= 0.3 is 0 Å². The van der Waals surface area contributed by atoms with E-state index in [0.717, 1.165) is 24.6 Å². The minimum Gasteiger partial charge on any atom is -0.348 e. The zero-order valence-corrected chi connectivity index (χ0v) is 10.9. The quantitative estimate of drug-likeness (QED) is 0.870. The average molecular weight is 245 g/mol. The molecule has 18 heavy (non-hydrogen) atoms. The Kier molecular flexibility index (Phi) is 2.91. The number of rotatable bonds is 5. The summed E-state index contributed by atoms with van der Waals surface area (Å²) in [6, 6.07) is 0.706. The van der Waals surface area contributed by atoms with Gasteiger partial charge in [-0.15, -0.1) is 0 Å². The van der Waals surface area contributed by atoms with E-state index in [1.165, 1.54) is 18.5 Å². The third-order valence-electron chi connectivity index (χ3n) is 3.62. The van der Waals surface area contributed by atoms with Gasteiger partial charge < -0.3 is 9.55 Å². The number of aromatic amines is 1. The van der Waals surface area contributed by atoms with Crippen LogP contribution in [0.15, 0.2) is 18.7 Å². The van der Waals surface area contributed by atoms with Crippen molar-refractivity contribution in [1.82, 2.24) is 24.4 Å². The highest BCUT2D eigenvalue weighted by molar-refractivity contribution is 5.09. The number of aryl methyl sites for hydroxylation is 2. The Morgan fingerprint density at radius 1 is 1.39 bits per heavy atom. The zero-order valence-electron chi connectivity index (χ0n) is 10.9. The predicted molar refractivity (Wildman–Crippen MR) is 68.8 cm³/mol. The summed E-state index contributed by atoms with van der Waals surface area (Å²) in [4.78, 5) is 14.4. The van der Waals surface area contributed by atoms with Gasteiger partial charge in [0, 0.05) is 37.7 Å². The van der Waals surface area contributed by atoms with Crippen LogP contribution in [0.1, 0.15) is 30.1 Å². The Morgan fingerprint density at radius 2 is 2.22 bits per heavy atom. The van der Waals surface area contributed by atoms with Gasteiger partial charge in [-0.25, -0.2) is 9.97 Å². The average Bonchev–Trinajstić information content (AvgIpc) is 3.02. The first-order valence-corrected chi connectivity index (χ1v) is 6.43. The number of hydrogen-bond acceptors (Lipinski definition) is 3. The first kappa shape index (κ1) is 11.5. The molecule has 2 aromatic heterocycles. The third kappa shape index (κ3) is 2.31. The fourth-order valence-corrected chi connectivity index (χ4v) is 2.22. The number of H-pyrrole nitrogens is 1. The maximum Gasteiger partial charge on any atom is 0.122 e. The minimum atomic E-state index is 0.706. The van der Waals surface area contributed by atoms with Crippen molar-refractivity contribution < 1.29 is 0 Å². The predicted octanol–water partition coefficient (Wildman–Crippen LogP) is 1.62. The second-order valence-corrected chi connectivity index (χ2v) is 5.06. The smallest absolute Gasteiger partial charge is 0.122 e. The highest BCUT2D eigenvalue weighted by Crippen LogP contribution is 2.29. The largest absolute Gasteiger partial charge is 0.348 e. The number of nitrogens with one attached hydrogen (secondary N) is 1. The molecule has 0 unspecified atom stereocenters. The first-order chi connectivity index (χ1) is 8.74. The van der Waals surface area contributed by atoms with E-state index in [-0.39, 0.29) is 0 Å². The molecule has 1 saturated carbocycles. The molecular weight excluding hydrogens is 226 g/mol. The molecule has 0 spiro atoms. The van der Waals surface area contributed by atoms with Gasteiger partial charge in [0.05, 0.1) is 18.6 Å². The van der Waals surface area contributed by atoms with E-state index >= 15 is 0 Å². The van der Waals surface area contributed by atoms with Gasteiger partial charge in [-0.1, -0.05) is 0 Å². The van der Waals surface area contributed by atoms with E-state index in [0.29, 0.717) is 6.04 Å². The summed E-state index contributed by atoms with van der Waals surface area (Å²) in [5.41, 5.74) is 2.32. The second kappa shape index (κ2) is 4.57. The molecule has 5 nitrogen and oxygen atoms in total. The molecule has 0 atom stereocenters. The Labute approximate surface area is 107 Å². The number of imidazole rings is 2. The maximum atomic E-state index is 4.41. The van der Waals surface area contributed by atoms with Gasteiger partial charge in [0.1, 0.15) is 5.82 Å². The Hall–Kier alpha value is -1.62. The monoisotopic (exact) mass is 245 g/mol. The van der Waals surface area contributed by atoms with E-state index in [2.05, 4.69) is 31.3 Å². The number of aromatic nitrogens is 4. The first-order valence-electron chi connectivity index (χ1n) is 6.43. The van der Waals surface area contributed by atoms with Crippen LogP contribution in [-0.4, -0.2) is 30.5 Å². The molecule has 1 N–H and O–H groups in total. The van der Waals surface area contributed by atoms with Gasteiger partial charge in [0.15, 0.2) is 0 Å². The van der Waals surface area contributed by atoms with E-state index < -0.39 is 0 Å². The Morgan fingerprint density at radius 3 is 2.78 bits per heavy atom. The maximum absolute atomic E-state index is 4.41. The Bertz CT molecular complexity index is 481. The highest BCUT2D eigenvalue weighted by Gasteiger charge is 2.30. The molecule has 3 rings (SSSR count). The lowest BCUT2D eigenvalue weighted by Crippen LogP contribution is -2.27. The van der Waals surface area contributed by atoms with Gasteiger partial charge in [0.2, 0.25) is 0 Å². The lowest BCUT2D eigenvalue weighted by molar-refractivity contribution is 0.234. The summed E-state index contributed by atoms with van der Waals surface area (Å²) in [5.74, 6) is 1.12.